The number of aliphatic hydroxyl groups excluding tert-OH is 1. The molecule has 1 aliphatic rings. The Hall–Kier alpha value is -1.66. The molecule has 1 unspecified atom stereocenters. The molecule has 1 fully saturated rings. The van der Waals surface area contributed by atoms with E-state index in [2.05, 4.69) is 9.88 Å². The Morgan fingerprint density at radius 1 is 1.48 bits per heavy atom. The first kappa shape index (κ1) is 17.7. The molecule has 0 bridgehead atoms. The van der Waals surface area contributed by atoms with Crippen LogP contribution in [0.3, 0.4) is 0 Å². The molecule has 1 aromatic heterocycles. The van der Waals surface area contributed by atoms with E-state index < -0.39 is 5.60 Å². The van der Waals surface area contributed by atoms with Gasteiger partial charge in [0, 0.05) is 38.1 Å². The second kappa shape index (κ2) is 7.27. The minimum atomic E-state index is -0.489. The summed E-state index contributed by atoms with van der Waals surface area (Å²) < 4.78 is 5.46. The summed E-state index contributed by atoms with van der Waals surface area (Å²) in [4.78, 5) is 20.4. The number of nitrogens with zero attached hydrogens (tertiary/aromatic N) is 3. The zero-order valence-corrected chi connectivity index (χ0v) is 14.4. The van der Waals surface area contributed by atoms with Gasteiger partial charge in [-0.3, -0.25) is 9.88 Å². The van der Waals surface area contributed by atoms with Crippen molar-refractivity contribution in [2.75, 3.05) is 26.2 Å². The number of piperazine rings is 1. The Morgan fingerprint density at radius 2 is 2.22 bits per heavy atom. The monoisotopic (exact) mass is 321 g/mol. The van der Waals surface area contributed by atoms with Crippen LogP contribution in [0.25, 0.3) is 0 Å². The van der Waals surface area contributed by atoms with Gasteiger partial charge in [-0.2, -0.15) is 0 Å². The molecular formula is C17H27N3O3. The van der Waals surface area contributed by atoms with Crippen molar-refractivity contribution in [3.05, 3.63) is 30.1 Å². The number of aliphatic hydroxyl groups is 1. The molecule has 1 aliphatic heterocycles. The average Bonchev–Trinajstić information content (AvgIpc) is 2.47. The highest BCUT2D eigenvalue weighted by atomic mass is 16.6. The van der Waals surface area contributed by atoms with Crippen LogP contribution in [0.5, 0.6) is 0 Å². The van der Waals surface area contributed by atoms with Gasteiger partial charge < -0.3 is 14.7 Å². The summed E-state index contributed by atoms with van der Waals surface area (Å²) in [6, 6.07) is 3.79. The van der Waals surface area contributed by atoms with E-state index in [1.807, 2.05) is 39.8 Å². The van der Waals surface area contributed by atoms with Gasteiger partial charge in [-0.15, -0.1) is 0 Å². The number of hydrogen-bond acceptors (Lipinski definition) is 5. The van der Waals surface area contributed by atoms with Gasteiger partial charge in [-0.1, -0.05) is 6.07 Å². The Kier molecular flexibility index (Phi) is 5.59. The summed E-state index contributed by atoms with van der Waals surface area (Å²) in [7, 11) is 0. The molecule has 2 rings (SSSR count). The summed E-state index contributed by atoms with van der Waals surface area (Å²) >= 11 is 0. The fourth-order valence-electron chi connectivity index (χ4n) is 2.87. The SMILES string of the molecule is CC1CN([C@H](CO)c2cccnc2)CCN1C(=O)OC(C)(C)C. The first-order valence-corrected chi connectivity index (χ1v) is 8.06. The van der Waals surface area contributed by atoms with Crippen LogP contribution in [0.15, 0.2) is 24.5 Å². The van der Waals surface area contributed by atoms with Gasteiger partial charge in [-0.05, 0) is 39.3 Å². The number of carbonyl (C=O) groups is 1. The molecule has 128 valence electrons. The molecule has 23 heavy (non-hydrogen) atoms. The number of rotatable bonds is 3. The van der Waals surface area contributed by atoms with Crippen LogP contribution in [0.1, 0.15) is 39.3 Å². The van der Waals surface area contributed by atoms with Crippen LogP contribution in [0, 0.1) is 0 Å². The molecule has 2 heterocycles. The highest BCUT2D eigenvalue weighted by Crippen LogP contribution is 2.24. The number of ether oxygens (including phenoxy) is 1. The predicted molar refractivity (Wildman–Crippen MR) is 88.0 cm³/mol. The third-order valence-electron chi connectivity index (χ3n) is 3.97. The molecule has 2 atom stereocenters. The van der Waals surface area contributed by atoms with Gasteiger partial charge in [-0.25, -0.2) is 4.79 Å². The summed E-state index contributed by atoms with van der Waals surface area (Å²) in [5.74, 6) is 0. The molecule has 1 aromatic rings. The molecule has 6 nitrogen and oxygen atoms in total. The number of pyridine rings is 1. The maximum absolute atomic E-state index is 12.3. The number of aromatic nitrogens is 1. The molecule has 1 N–H and O–H groups in total. The van der Waals surface area contributed by atoms with Gasteiger partial charge >= 0.3 is 6.09 Å². The van der Waals surface area contributed by atoms with E-state index in [0.717, 1.165) is 5.56 Å². The van der Waals surface area contributed by atoms with E-state index in [4.69, 9.17) is 4.74 Å². The maximum Gasteiger partial charge on any atom is 0.410 e. The van der Waals surface area contributed by atoms with Crippen molar-refractivity contribution in [2.45, 2.75) is 45.4 Å². The van der Waals surface area contributed by atoms with Crippen LogP contribution < -0.4 is 0 Å². The fraction of sp³-hybridized carbons (Fsp3) is 0.647. The molecule has 6 heteroatoms. The number of carbonyl (C=O) groups excluding carboxylic acids is 1. The lowest BCUT2D eigenvalue weighted by molar-refractivity contribution is -0.00910. The lowest BCUT2D eigenvalue weighted by Crippen LogP contribution is -2.55. The molecule has 0 aliphatic carbocycles. The smallest absolute Gasteiger partial charge is 0.410 e. The third-order valence-corrected chi connectivity index (χ3v) is 3.97. The van der Waals surface area contributed by atoms with Crippen molar-refractivity contribution in [1.82, 2.24) is 14.8 Å². The molecule has 1 saturated heterocycles. The second-order valence-corrected chi connectivity index (χ2v) is 7.00. The van der Waals surface area contributed by atoms with Crippen molar-refractivity contribution in [1.29, 1.82) is 0 Å². The van der Waals surface area contributed by atoms with Crippen LogP contribution in [-0.4, -0.2) is 63.9 Å². The number of amides is 1. The zero-order chi connectivity index (χ0) is 17.0. The van der Waals surface area contributed by atoms with Gasteiger partial charge in [0.05, 0.1) is 12.6 Å². The van der Waals surface area contributed by atoms with E-state index in [1.165, 1.54) is 0 Å². The first-order valence-electron chi connectivity index (χ1n) is 8.06. The van der Waals surface area contributed by atoms with Crippen LogP contribution >= 0.6 is 0 Å². The normalized spacial score (nSPS) is 21.1. The lowest BCUT2D eigenvalue weighted by Gasteiger charge is -2.43. The summed E-state index contributed by atoms with van der Waals surface area (Å²) in [5, 5.41) is 9.77. The molecule has 0 radical (unpaired) electrons. The first-order chi connectivity index (χ1) is 10.8. The lowest BCUT2D eigenvalue weighted by atomic mass is 10.1. The van der Waals surface area contributed by atoms with Crippen LogP contribution in [0.4, 0.5) is 4.79 Å². The summed E-state index contributed by atoms with van der Waals surface area (Å²) in [5.41, 5.74) is 0.505. The Morgan fingerprint density at radius 3 is 2.74 bits per heavy atom. The van der Waals surface area contributed by atoms with E-state index >= 15 is 0 Å². The second-order valence-electron chi connectivity index (χ2n) is 7.00. The highest BCUT2D eigenvalue weighted by molar-refractivity contribution is 5.68. The van der Waals surface area contributed by atoms with Crippen molar-refractivity contribution < 1.29 is 14.6 Å². The standard InChI is InChI=1S/C17H27N3O3/c1-13-11-19(15(12-21)14-6-5-7-18-10-14)8-9-20(13)16(22)23-17(2,3)4/h5-7,10,13,15,21H,8-9,11-12H2,1-4H3/t13?,15-/m1/s1. The summed E-state index contributed by atoms with van der Waals surface area (Å²) in [6.07, 6.45) is 3.24. The van der Waals surface area contributed by atoms with Crippen molar-refractivity contribution >= 4 is 6.09 Å². The Bertz CT molecular complexity index is 516. The van der Waals surface area contributed by atoms with Crippen LogP contribution in [0.2, 0.25) is 0 Å². The topological polar surface area (TPSA) is 65.9 Å². The molecule has 1 amide bonds. The van der Waals surface area contributed by atoms with Crippen LogP contribution in [-0.2, 0) is 4.74 Å². The molecular weight excluding hydrogens is 294 g/mol. The highest BCUT2D eigenvalue weighted by Gasteiger charge is 2.33. The Balaban J connectivity index is 2.01. The quantitative estimate of drug-likeness (QED) is 0.923. The van der Waals surface area contributed by atoms with Crippen molar-refractivity contribution in [3.63, 3.8) is 0 Å². The van der Waals surface area contributed by atoms with E-state index in [-0.39, 0.29) is 24.8 Å². The fourth-order valence-corrected chi connectivity index (χ4v) is 2.87. The van der Waals surface area contributed by atoms with Crippen molar-refractivity contribution in [3.8, 4) is 0 Å². The van der Waals surface area contributed by atoms with E-state index in [1.54, 1.807) is 17.3 Å². The van der Waals surface area contributed by atoms with E-state index in [9.17, 15) is 9.90 Å². The zero-order valence-electron chi connectivity index (χ0n) is 14.4. The van der Waals surface area contributed by atoms with Gasteiger partial charge in [0.25, 0.3) is 0 Å². The van der Waals surface area contributed by atoms with Gasteiger partial charge in [0.1, 0.15) is 5.60 Å². The largest absolute Gasteiger partial charge is 0.444 e. The third kappa shape index (κ3) is 4.65. The maximum atomic E-state index is 12.3. The van der Waals surface area contributed by atoms with Gasteiger partial charge in [0.2, 0.25) is 0 Å². The predicted octanol–water partition coefficient (Wildman–Crippen LogP) is 2.06. The average molecular weight is 321 g/mol. The van der Waals surface area contributed by atoms with Crippen molar-refractivity contribution in [2.24, 2.45) is 0 Å². The summed E-state index contributed by atoms with van der Waals surface area (Å²) in [6.45, 7) is 9.64. The molecule has 0 spiro atoms. The minimum Gasteiger partial charge on any atom is -0.444 e. The van der Waals surface area contributed by atoms with E-state index in [0.29, 0.717) is 19.6 Å². The van der Waals surface area contributed by atoms with Gasteiger partial charge in [0.15, 0.2) is 0 Å². The molecule has 0 aromatic carbocycles. The Labute approximate surface area is 138 Å². The molecule has 0 saturated carbocycles. The number of hydrogen-bond donors (Lipinski definition) is 1. The minimum absolute atomic E-state index is 0.0318.